The number of carbonyl (C=O) groups excluding carboxylic acids is 1. The summed E-state index contributed by atoms with van der Waals surface area (Å²) in [4.78, 5) is 12.6. The average Bonchev–Trinajstić information content (AvgIpc) is 2.66. The first kappa shape index (κ1) is 13.6. The lowest BCUT2D eigenvalue weighted by atomic mass is 9.90. The standard InChI is InChI=1S/C16H18O3S/c1-2-11-4-3-5-12(8-11)16(17)13-9-14-6-7-15(10-13)20(14,18)19/h2-5,8,13-15H,1,6-7,9-10H2. The van der Waals surface area contributed by atoms with E-state index in [4.69, 9.17) is 0 Å². The summed E-state index contributed by atoms with van der Waals surface area (Å²) >= 11 is 0. The molecule has 0 N–H and O–H groups in total. The van der Waals surface area contributed by atoms with Gasteiger partial charge in [-0.15, -0.1) is 0 Å². The maximum absolute atomic E-state index is 12.6. The zero-order valence-electron chi connectivity index (χ0n) is 11.3. The number of fused-ring (bicyclic) bond motifs is 2. The van der Waals surface area contributed by atoms with E-state index >= 15 is 0 Å². The number of hydrogen-bond acceptors (Lipinski definition) is 3. The second-order valence-corrected chi connectivity index (χ2v) is 8.28. The number of rotatable bonds is 3. The Bertz CT molecular complexity index is 640. The first-order valence-electron chi connectivity index (χ1n) is 7.02. The van der Waals surface area contributed by atoms with Gasteiger partial charge in [-0.1, -0.05) is 30.9 Å². The second-order valence-electron chi connectivity index (χ2n) is 5.77. The van der Waals surface area contributed by atoms with Crippen LogP contribution in [0.2, 0.25) is 0 Å². The van der Waals surface area contributed by atoms with Crippen LogP contribution in [0.4, 0.5) is 0 Å². The molecule has 1 aromatic carbocycles. The lowest BCUT2D eigenvalue weighted by Gasteiger charge is -2.27. The van der Waals surface area contributed by atoms with Crippen molar-refractivity contribution >= 4 is 21.7 Å². The molecule has 0 aliphatic carbocycles. The van der Waals surface area contributed by atoms with Gasteiger partial charge in [0.25, 0.3) is 0 Å². The summed E-state index contributed by atoms with van der Waals surface area (Å²) in [6.07, 6.45) is 4.16. The number of carbonyl (C=O) groups is 1. The van der Waals surface area contributed by atoms with Crippen LogP contribution in [0, 0.1) is 5.92 Å². The van der Waals surface area contributed by atoms with Crippen molar-refractivity contribution in [3.8, 4) is 0 Å². The third-order valence-electron chi connectivity index (χ3n) is 4.61. The largest absolute Gasteiger partial charge is 0.294 e. The maximum Gasteiger partial charge on any atom is 0.166 e. The molecule has 3 nitrogen and oxygen atoms in total. The molecule has 2 saturated heterocycles. The Balaban J connectivity index is 1.84. The van der Waals surface area contributed by atoms with Gasteiger partial charge in [0.15, 0.2) is 15.6 Å². The highest BCUT2D eigenvalue weighted by atomic mass is 32.2. The predicted octanol–water partition coefficient (Wildman–Crippen LogP) is 2.87. The van der Waals surface area contributed by atoms with Crippen LogP contribution in [0.3, 0.4) is 0 Å². The Morgan fingerprint density at radius 2 is 1.85 bits per heavy atom. The minimum absolute atomic E-state index is 0.0838. The third kappa shape index (κ3) is 2.12. The van der Waals surface area contributed by atoms with Crippen molar-refractivity contribution in [2.45, 2.75) is 36.2 Å². The summed E-state index contributed by atoms with van der Waals surface area (Å²) in [6.45, 7) is 3.71. The van der Waals surface area contributed by atoms with Crippen LogP contribution in [-0.4, -0.2) is 24.7 Å². The van der Waals surface area contributed by atoms with Gasteiger partial charge in [0.2, 0.25) is 0 Å². The molecule has 0 spiro atoms. The maximum atomic E-state index is 12.6. The smallest absolute Gasteiger partial charge is 0.166 e. The summed E-state index contributed by atoms with van der Waals surface area (Å²) in [5.74, 6) is -0.0587. The number of sulfone groups is 1. The minimum atomic E-state index is -2.96. The molecule has 0 aromatic heterocycles. The van der Waals surface area contributed by atoms with Gasteiger partial charge in [0, 0.05) is 11.5 Å². The van der Waals surface area contributed by atoms with E-state index in [9.17, 15) is 13.2 Å². The molecule has 2 fully saturated rings. The van der Waals surface area contributed by atoms with Crippen molar-refractivity contribution in [3.63, 3.8) is 0 Å². The number of Topliss-reactive ketones (excluding diaryl/α,β-unsaturated/α-hetero) is 1. The van der Waals surface area contributed by atoms with Crippen molar-refractivity contribution in [2.24, 2.45) is 5.92 Å². The molecule has 0 amide bonds. The van der Waals surface area contributed by atoms with Crippen molar-refractivity contribution in [3.05, 3.63) is 42.0 Å². The lowest BCUT2D eigenvalue weighted by Crippen LogP contribution is -2.36. The summed E-state index contributed by atoms with van der Waals surface area (Å²) in [6, 6.07) is 7.39. The summed E-state index contributed by atoms with van der Waals surface area (Å²) < 4.78 is 24.1. The van der Waals surface area contributed by atoms with Crippen molar-refractivity contribution in [2.75, 3.05) is 0 Å². The van der Waals surface area contributed by atoms with Crippen LogP contribution < -0.4 is 0 Å². The summed E-state index contributed by atoms with van der Waals surface area (Å²) in [5, 5.41) is -0.587. The Morgan fingerprint density at radius 3 is 2.45 bits per heavy atom. The molecule has 2 aliphatic rings. The lowest BCUT2D eigenvalue weighted by molar-refractivity contribution is 0.0905. The first-order chi connectivity index (χ1) is 9.52. The topological polar surface area (TPSA) is 51.2 Å². The van der Waals surface area contributed by atoms with Crippen LogP contribution in [-0.2, 0) is 9.84 Å². The van der Waals surface area contributed by atoms with E-state index in [-0.39, 0.29) is 22.2 Å². The predicted molar refractivity (Wildman–Crippen MR) is 79.3 cm³/mol. The first-order valence-corrected chi connectivity index (χ1v) is 8.62. The Morgan fingerprint density at radius 1 is 1.20 bits per heavy atom. The molecule has 2 heterocycles. The molecule has 2 aliphatic heterocycles. The van der Waals surface area contributed by atoms with E-state index in [0.29, 0.717) is 18.4 Å². The van der Waals surface area contributed by atoms with Gasteiger partial charge >= 0.3 is 0 Å². The van der Waals surface area contributed by atoms with Gasteiger partial charge in [-0.25, -0.2) is 8.42 Å². The van der Waals surface area contributed by atoms with E-state index in [1.807, 2.05) is 18.2 Å². The van der Waals surface area contributed by atoms with Gasteiger partial charge in [0.05, 0.1) is 10.5 Å². The molecule has 20 heavy (non-hydrogen) atoms. The molecule has 2 atom stereocenters. The Kier molecular flexibility index (Phi) is 3.28. The second kappa shape index (κ2) is 4.85. The molecule has 106 valence electrons. The van der Waals surface area contributed by atoms with E-state index in [2.05, 4.69) is 6.58 Å². The van der Waals surface area contributed by atoms with E-state index in [1.54, 1.807) is 12.1 Å². The molecule has 0 radical (unpaired) electrons. The van der Waals surface area contributed by atoms with Crippen molar-refractivity contribution < 1.29 is 13.2 Å². The number of ketones is 1. The fourth-order valence-electron chi connectivity index (χ4n) is 3.48. The molecular formula is C16H18O3S. The third-order valence-corrected chi connectivity index (χ3v) is 7.33. The van der Waals surface area contributed by atoms with Crippen LogP contribution in [0.5, 0.6) is 0 Å². The van der Waals surface area contributed by atoms with Crippen LogP contribution in [0.1, 0.15) is 41.6 Å². The Labute approximate surface area is 119 Å². The molecule has 2 bridgehead atoms. The molecule has 3 rings (SSSR count). The molecule has 1 aromatic rings. The van der Waals surface area contributed by atoms with E-state index in [0.717, 1.165) is 18.4 Å². The summed E-state index contributed by atoms with van der Waals surface area (Å²) in [5.41, 5.74) is 1.59. The van der Waals surface area contributed by atoms with Gasteiger partial charge in [-0.3, -0.25) is 4.79 Å². The zero-order valence-corrected chi connectivity index (χ0v) is 12.1. The van der Waals surface area contributed by atoms with Gasteiger partial charge in [0.1, 0.15) is 0 Å². The van der Waals surface area contributed by atoms with Gasteiger partial charge in [-0.2, -0.15) is 0 Å². The monoisotopic (exact) mass is 290 g/mol. The van der Waals surface area contributed by atoms with Gasteiger partial charge < -0.3 is 0 Å². The molecule has 2 unspecified atom stereocenters. The normalized spacial score (nSPS) is 30.9. The zero-order chi connectivity index (χ0) is 14.3. The summed E-state index contributed by atoms with van der Waals surface area (Å²) in [7, 11) is -2.96. The highest BCUT2D eigenvalue weighted by molar-refractivity contribution is 7.93. The number of hydrogen-bond donors (Lipinski definition) is 0. The fraction of sp³-hybridized carbons (Fsp3) is 0.438. The average molecular weight is 290 g/mol. The highest BCUT2D eigenvalue weighted by Crippen LogP contribution is 2.42. The number of benzene rings is 1. The van der Waals surface area contributed by atoms with Crippen LogP contribution in [0.25, 0.3) is 6.08 Å². The SMILES string of the molecule is C=Cc1cccc(C(=O)C2CC3CCC(C2)S3(=O)=O)c1. The van der Waals surface area contributed by atoms with E-state index in [1.165, 1.54) is 0 Å². The van der Waals surface area contributed by atoms with Crippen LogP contribution in [0.15, 0.2) is 30.8 Å². The fourth-order valence-corrected chi connectivity index (χ4v) is 5.95. The van der Waals surface area contributed by atoms with Crippen molar-refractivity contribution in [1.29, 1.82) is 0 Å². The Hall–Kier alpha value is -1.42. The highest BCUT2D eigenvalue weighted by Gasteiger charge is 2.48. The van der Waals surface area contributed by atoms with Crippen molar-refractivity contribution in [1.82, 2.24) is 0 Å². The molecule has 4 heteroatoms. The molecule has 0 saturated carbocycles. The molecular weight excluding hydrogens is 272 g/mol. The van der Waals surface area contributed by atoms with E-state index < -0.39 is 9.84 Å². The minimum Gasteiger partial charge on any atom is -0.294 e. The van der Waals surface area contributed by atoms with Gasteiger partial charge in [-0.05, 0) is 37.3 Å². The van der Waals surface area contributed by atoms with Crippen LogP contribution >= 0.6 is 0 Å². The quantitative estimate of drug-likeness (QED) is 0.804.